The number of hydrogen-bond acceptors (Lipinski definition) is 9. The van der Waals surface area contributed by atoms with E-state index in [-0.39, 0.29) is 6.10 Å². The molecular formula is C24H33N7O2S. The lowest BCUT2D eigenvalue weighted by molar-refractivity contribution is -0.0337. The molecular weight excluding hydrogens is 450 g/mol. The molecule has 1 saturated carbocycles. The van der Waals surface area contributed by atoms with Gasteiger partial charge in [-0.1, -0.05) is 0 Å². The van der Waals surface area contributed by atoms with E-state index in [1.54, 1.807) is 0 Å². The van der Waals surface area contributed by atoms with Gasteiger partial charge in [-0.3, -0.25) is 9.58 Å². The highest BCUT2D eigenvalue weighted by Gasteiger charge is 2.33. The molecule has 182 valence electrons. The average Bonchev–Trinajstić information content (AvgIpc) is 3.45. The van der Waals surface area contributed by atoms with E-state index in [0.717, 1.165) is 97.9 Å². The molecule has 0 amide bonds. The zero-order valence-corrected chi connectivity index (χ0v) is 20.5. The SMILES string of the molecule is Cc1nsc2nc(Cc3cnn(C4CCOCC4)c3)nc(NC3CCC(N4CC(O)C4)CC3)c12. The van der Waals surface area contributed by atoms with Gasteiger partial charge in [0, 0.05) is 51.0 Å². The first kappa shape index (κ1) is 22.3. The van der Waals surface area contributed by atoms with Crippen molar-refractivity contribution in [2.45, 2.75) is 76.1 Å². The number of fused-ring (bicyclic) bond motifs is 1. The molecule has 2 saturated heterocycles. The zero-order chi connectivity index (χ0) is 23.1. The molecule has 5 heterocycles. The molecule has 2 aliphatic heterocycles. The predicted octanol–water partition coefficient (Wildman–Crippen LogP) is 2.93. The van der Waals surface area contributed by atoms with Gasteiger partial charge in [0.2, 0.25) is 0 Å². The molecule has 3 aromatic rings. The first-order chi connectivity index (χ1) is 16.6. The molecule has 0 bridgehead atoms. The van der Waals surface area contributed by atoms with Crippen LogP contribution in [0.25, 0.3) is 10.2 Å². The van der Waals surface area contributed by atoms with Crippen LogP contribution in [0, 0.1) is 6.92 Å². The Balaban J connectivity index is 1.16. The molecule has 10 heteroatoms. The fourth-order valence-electron chi connectivity index (χ4n) is 5.58. The molecule has 3 fully saturated rings. The van der Waals surface area contributed by atoms with Gasteiger partial charge in [0.15, 0.2) is 0 Å². The van der Waals surface area contributed by atoms with Crippen molar-refractivity contribution in [3.8, 4) is 0 Å². The van der Waals surface area contributed by atoms with Crippen LogP contribution in [0.4, 0.5) is 5.82 Å². The summed E-state index contributed by atoms with van der Waals surface area (Å²) in [4.78, 5) is 13.2. The third-order valence-electron chi connectivity index (χ3n) is 7.58. The number of aliphatic hydroxyl groups is 1. The maximum atomic E-state index is 9.62. The Morgan fingerprint density at radius 2 is 1.88 bits per heavy atom. The maximum Gasteiger partial charge on any atom is 0.149 e. The van der Waals surface area contributed by atoms with Crippen LogP contribution in [0.15, 0.2) is 12.4 Å². The standard InChI is InChI=1S/C24H33N7O2S/c1-15-22-23(26-17-2-4-18(5-3-17)30-13-20(32)14-30)27-21(28-24(22)34-29-15)10-16-11-25-31(12-16)19-6-8-33-9-7-19/h11-12,17-20,32H,2-10,13-14H2,1H3,(H,26,27,28). The van der Waals surface area contributed by atoms with Crippen molar-refractivity contribution in [3.05, 3.63) is 29.5 Å². The number of anilines is 1. The van der Waals surface area contributed by atoms with Crippen molar-refractivity contribution in [1.29, 1.82) is 0 Å². The summed E-state index contributed by atoms with van der Waals surface area (Å²) < 4.78 is 12.1. The molecule has 9 nitrogen and oxygen atoms in total. The number of aromatic nitrogens is 5. The Morgan fingerprint density at radius 3 is 2.65 bits per heavy atom. The minimum atomic E-state index is -0.124. The number of β-amino-alcohol motifs (C(OH)–C–C–N with tert-alkyl or cyclic N) is 1. The summed E-state index contributed by atoms with van der Waals surface area (Å²) in [6.45, 7) is 5.33. The van der Waals surface area contributed by atoms with Crippen molar-refractivity contribution in [2.75, 3.05) is 31.6 Å². The smallest absolute Gasteiger partial charge is 0.149 e. The lowest BCUT2D eigenvalue weighted by Crippen LogP contribution is -2.56. The van der Waals surface area contributed by atoms with Crippen LogP contribution >= 0.6 is 11.5 Å². The van der Waals surface area contributed by atoms with E-state index >= 15 is 0 Å². The first-order valence-electron chi connectivity index (χ1n) is 12.5. The molecule has 0 spiro atoms. The predicted molar refractivity (Wildman–Crippen MR) is 131 cm³/mol. The zero-order valence-electron chi connectivity index (χ0n) is 19.7. The fourth-order valence-corrected chi connectivity index (χ4v) is 6.38. The molecule has 0 atom stereocenters. The summed E-state index contributed by atoms with van der Waals surface area (Å²) in [6.07, 6.45) is 11.2. The molecule has 0 aromatic carbocycles. The van der Waals surface area contributed by atoms with Crippen LogP contribution < -0.4 is 5.32 Å². The van der Waals surface area contributed by atoms with E-state index in [4.69, 9.17) is 14.7 Å². The molecule has 3 aromatic heterocycles. The fraction of sp³-hybridized carbons (Fsp3) is 0.667. The monoisotopic (exact) mass is 483 g/mol. The molecule has 1 aliphatic carbocycles. The number of aryl methyl sites for hydroxylation is 1. The molecule has 2 N–H and O–H groups in total. The topological polar surface area (TPSA) is 101 Å². The number of aliphatic hydroxyl groups excluding tert-OH is 1. The quantitative estimate of drug-likeness (QED) is 0.552. The minimum Gasteiger partial charge on any atom is -0.390 e. The maximum absolute atomic E-state index is 9.62. The average molecular weight is 484 g/mol. The summed E-state index contributed by atoms with van der Waals surface area (Å²) in [7, 11) is 0. The van der Waals surface area contributed by atoms with Gasteiger partial charge in [0.1, 0.15) is 16.5 Å². The number of ether oxygens (including phenoxy) is 1. The number of likely N-dealkylation sites (tertiary alicyclic amines) is 1. The summed E-state index contributed by atoms with van der Waals surface area (Å²) in [5.74, 6) is 1.74. The van der Waals surface area contributed by atoms with Crippen molar-refractivity contribution >= 4 is 27.6 Å². The van der Waals surface area contributed by atoms with E-state index in [1.165, 1.54) is 11.5 Å². The second kappa shape index (κ2) is 9.49. The molecule has 0 radical (unpaired) electrons. The van der Waals surface area contributed by atoms with E-state index < -0.39 is 0 Å². The Hall–Kier alpha value is -2.14. The second-order valence-electron chi connectivity index (χ2n) is 10.0. The number of nitrogens with zero attached hydrogens (tertiary/aromatic N) is 6. The highest BCUT2D eigenvalue weighted by Crippen LogP contribution is 2.32. The highest BCUT2D eigenvalue weighted by molar-refractivity contribution is 7.13. The normalized spacial score (nSPS) is 25.0. The summed E-state index contributed by atoms with van der Waals surface area (Å²) >= 11 is 1.45. The molecule has 34 heavy (non-hydrogen) atoms. The van der Waals surface area contributed by atoms with Gasteiger partial charge < -0.3 is 15.2 Å². The van der Waals surface area contributed by atoms with Crippen LogP contribution in [0.3, 0.4) is 0 Å². The van der Waals surface area contributed by atoms with Crippen LogP contribution in [0.2, 0.25) is 0 Å². The Morgan fingerprint density at radius 1 is 1.09 bits per heavy atom. The van der Waals surface area contributed by atoms with Gasteiger partial charge in [-0.25, -0.2) is 9.97 Å². The second-order valence-corrected chi connectivity index (χ2v) is 10.8. The van der Waals surface area contributed by atoms with E-state index in [0.29, 0.717) is 24.5 Å². The van der Waals surface area contributed by atoms with Gasteiger partial charge in [-0.2, -0.15) is 9.47 Å². The van der Waals surface area contributed by atoms with Crippen LogP contribution in [-0.4, -0.2) is 78.6 Å². The third kappa shape index (κ3) is 4.56. The summed E-state index contributed by atoms with van der Waals surface area (Å²) in [5, 5.41) is 19.0. The lowest BCUT2D eigenvalue weighted by atomic mass is 9.88. The number of nitrogens with one attached hydrogen (secondary N) is 1. The van der Waals surface area contributed by atoms with E-state index in [2.05, 4.69) is 30.6 Å². The van der Waals surface area contributed by atoms with Crippen LogP contribution in [0.5, 0.6) is 0 Å². The molecule has 0 unspecified atom stereocenters. The molecule has 6 rings (SSSR count). The lowest BCUT2D eigenvalue weighted by Gasteiger charge is -2.44. The number of hydrogen-bond donors (Lipinski definition) is 2. The van der Waals surface area contributed by atoms with Gasteiger partial charge in [0.25, 0.3) is 0 Å². The first-order valence-corrected chi connectivity index (χ1v) is 13.3. The van der Waals surface area contributed by atoms with Gasteiger partial charge in [-0.15, -0.1) is 0 Å². The Kier molecular flexibility index (Phi) is 6.23. The van der Waals surface area contributed by atoms with Gasteiger partial charge in [-0.05, 0) is 62.5 Å². The van der Waals surface area contributed by atoms with Crippen molar-refractivity contribution in [3.63, 3.8) is 0 Å². The molecule has 3 aliphatic rings. The Bertz CT molecular complexity index is 1130. The summed E-state index contributed by atoms with van der Waals surface area (Å²) in [5.41, 5.74) is 2.12. The van der Waals surface area contributed by atoms with Gasteiger partial charge in [0.05, 0.1) is 29.4 Å². The number of rotatable bonds is 6. The Labute approximate surface area is 203 Å². The minimum absolute atomic E-state index is 0.124. The van der Waals surface area contributed by atoms with E-state index in [1.807, 2.05) is 13.1 Å². The highest BCUT2D eigenvalue weighted by atomic mass is 32.1. The largest absolute Gasteiger partial charge is 0.390 e. The van der Waals surface area contributed by atoms with Crippen molar-refractivity contribution in [1.82, 2.24) is 29.0 Å². The van der Waals surface area contributed by atoms with Crippen molar-refractivity contribution in [2.24, 2.45) is 0 Å². The van der Waals surface area contributed by atoms with Crippen LogP contribution in [-0.2, 0) is 11.2 Å². The third-order valence-corrected chi connectivity index (χ3v) is 8.41. The van der Waals surface area contributed by atoms with Crippen molar-refractivity contribution < 1.29 is 9.84 Å². The van der Waals surface area contributed by atoms with E-state index in [9.17, 15) is 5.11 Å². The summed E-state index contributed by atoms with van der Waals surface area (Å²) in [6, 6.07) is 1.44. The van der Waals surface area contributed by atoms with Crippen LogP contribution in [0.1, 0.15) is 61.6 Å². The van der Waals surface area contributed by atoms with Gasteiger partial charge >= 0.3 is 0 Å².